The van der Waals surface area contributed by atoms with Crippen LogP contribution in [0.1, 0.15) is 37.4 Å². The van der Waals surface area contributed by atoms with E-state index in [1.807, 2.05) is 0 Å². The summed E-state index contributed by atoms with van der Waals surface area (Å²) in [4.78, 5) is 14.8. The standard InChI is InChI=1S/C9H13N3O2/c1-6(13)10-5-4-8-11-9(14-12-8)7-2-3-7/h7H,2-5H2,1H3,(H,10,13). The lowest BCUT2D eigenvalue weighted by Gasteiger charge is -1.96. The van der Waals surface area contributed by atoms with Crippen LogP contribution in [0.4, 0.5) is 0 Å². The van der Waals surface area contributed by atoms with Gasteiger partial charge in [0, 0.05) is 25.8 Å². The van der Waals surface area contributed by atoms with Gasteiger partial charge in [0.05, 0.1) is 0 Å². The van der Waals surface area contributed by atoms with Gasteiger partial charge < -0.3 is 9.84 Å². The zero-order valence-electron chi connectivity index (χ0n) is 8.12. The molecule has 0 spiro atoms. The van der Waals surface area contributed by atoms with E-state index in [0.29, 0.717) is 24.7 Å². The van der Waals surface area contributed by atoms with Gasteiger partial charge in [-0.15, -0.1) is 0 Å². The van der Waals surface area contributed by atoms with Gasteiger partial charge in [-0.2, -0.15) is 4.98 Å². The molecule has 0 aliphatic heterocycles. The van der Waals surface area contributed by atoms with E-state index in [2.05, 4.69) is 15.5 Å². The normalized spacial score (nSPS) is 15.5. The molecule has 5 nitrogen and oxygen atoms in total. The fraction of sp³-hybridized carbons (Fsp3) is 0.667. The molecule has 76 valence electrons. The Morgan fingerprint density at radius 2 is 2.43 bits per heavy atom. The third kappa shape index (κ3) is 2.31. The number of nitrogens with one attached hydrogen (secondary N) is 1. The second-order valence-corrected chi connectivity index (χ2v) is 3.56. The Hall–Kier alpha value is -1.39. The lowest BCUT2D eigenvalue weighted by molar-refractivity contribution is -0.118. The Bertz CT molecular complexity index is 331. The molecule has 1 aliphatic carbocycles. The Labute approximate surface area is 81.9 Å². The monoisotopic (exact) mass is 195 g/mol. The molecule has 1 aliphatic rings. The minimum Gasteiger partial charge on any atom is -0.356 e. The lowest BCUT2D eigenvalue weighted by Crippen LogP contribution is -2.22. The first-order valence-corrected chi connectivity index (χ1v) is 4.82. The summed E-state index contributed by atoms with van der Waals surface area (Å²) in [5.74, 6) is 1.90. The van der Waals surface area contributed by atoms with Crippen molar-refractivity contribution in [2.24, 2.45) is 0 Å². The van der Waals surface area contributed by atoms with Crippen LogP contribution < -0.4 is 5.32 Å². The van der Waals surface area contributed by atoms with Gasteiger partial charge in [0.2, 0.25) is 11.8 Å². The average Bonchev–Trinajstić information content (AvgIpc) is 2.87. The summed E-state index contributed by atoms with van der Waals surface area (Å²) in [7, 11) is 0. The molecule has 1 heterocycles. The number of hydrogen-bond acceptors (Lipinski definition) is 4. The summed E-state index contributed by atoms with van der Waals surface area (Å²) in [6.07, 6.45) is 2.95. The smallest absolute Gasteiger partial charge is 0.229 e. The zero-order chi connectivity index (χ0) is 9.97. The first-order chi connectivity index (χ1) is 6.75. The maximum absolute atomic E-state index is 10.6. The number of rotatable bonds is 4. The summed E-state index contributed by atoms with van der Waals surface area (Å²) in [5, 5.41) is 6.52. The van der Waals surface area contributed by atoms with Crippen molar-refractivity contribution in [2.45, 2.75) is 32.1 Å². The number of carbonyl (C=O) groups is 1. The molecule has 5 heteroatoms. The van der Waals surface area contributed by atoms with Gasteiger partial charge in [-0.05, 0) is 12.8 Å². The van der Waals surface area contributed by atoms with Gasteiger partial charge in [0.15, 0.2) is 5.82 Å². The van der Waals surface area contributed by atoms with Crippen LogP contribution in [0.5, 0.6) is 0 Å². The largest absolute Gasteiger partial charge is 0.356 e. The molecule has 1 aromatic heterocycles. The van der Waals surface area contributed by atoms with Crippen LogP contribution in [0.3, 0.4) is 0 Å². The fourth-order valence-corrected chi connectivity index (χ4v) is 1.22. The molecule has 1 amide bonds. The maximum Gasteiger partial charge on any atom is 0.229 e. The summed E-state index contributed by atoms with van der Waals surface area (Å²) in [6, 6.07) is 0. The van der Waals surface area contributed by atoms with Crippen LogP contribution in [0.2, 0.25) is 0 Å². The van der Waals surface area contributed by atoms with Gasteiger partial charge in [0.1, 0.15) is 0 Å². The van der Waals surface area contributed by atoms with Crippen molar-refractivity contribution in [1.82, 2.24) is 15.5 Å². The van der Waals surface area contributed by atoms with E-state index in [9.17, 15) is 4.79 Å². The number of aromatic nitrogens is 2. The number of carbonyl (C=O) groups excluding carboxylic acids is 1. The van der Waals surface area contributed by atoms with Gasteiger partial charge in [0.25, 0.3) is 0 Å². The van der Waals surface area contributed by atoms with E-state index >= 15 is 0 Å². The molecule has 0 radical (unpaired) electrons. The molecule has 1 N–H and O–H groups in total. The van der Waals surface area contributed by atoms with E-state index in [0.717, 1.165) is 18.7 Å². The van der Waals surface area contributed by atoms with Crippen molar-refractivity contribution in [1.29, 1.82) is 0 Å². The van der Waals surface area contributed by atoms with Crippen molar-refractivity contribution in [3.63, 3.8) is 0 Å². The number of nitrogens with zero attached hydrogens (tertiary/aromatic N) is 2. The fourth-order valence-electron chi connectivity index (χ4n) is 1.22. The third-order valence-corrected chi connectivity index (χ3v) is 2.13. The quantitative estimate of drug-likeness (QED) is 0.765. The van der Waals surface area contributed by atoms with Crippen molar-refractivity contribution in [3.05, 3.63) is 11.7 Å². The van der Waals surface area contributed by atoms with Crippen LogP contribution in [0, 0.1) is 0 Å². The second kappa shape index (κ2) is 3.77. The minimum atomic E-state index is -0.0316. The number of hydrogen-bond donors (Lipinski definition) is 1. The highest BCUT2D eigenvalue weighted by molar-refractivity contribution is 5.72. The van der Waals surface area contributed by atoms with E-state index in [4.69, 9.17) is 4.52 Å². The van der Waals surface area contributed by atoms with Gasteiger partial charge in [-0.3, -0.25) is 4.79 Å². The van der Waals surface area contributed by atoms with Crippen LogP contribution in [-0.2, 0) is 11.2 Å². The van der Waals surface area contributed by atoms with Crippen LogP contribution in [0.15, 0.2) is 4.52 Å². The van der Waals surface area contributed by atoms with Gasteiger partial charge in [-0.25, -0.2) is 0 Å². The van der Waals surface area contributed by atoms with Gasteiger partial charge >= 0.3 is 0 Å². The molecule has 0 saturated heterocycles. The molecule has 14 heavy (non-hydrogen) atoms. The highest BCUT2D eigenvalue weighted by Gasteiger charge is 2.29. The van der Waals surface area contributed by atoms with Crippen molar-refractivity contribution in [3.8, 4) is 0 Å². The molecule has 1 aromatic rings. The Balaban J connectivity index is 1.80. The minimum absolute atomic E-state index is 0.0316. The lowest BCUT2D eigenvalue weighted by atomic mass is 10.4. The van der Waals surface area contributed by atoms with E-state index < -0.39 is 0 Å². The predicted molar refractivity (Wildman–Crippen MR) is 48.7 cm³/mol. The molecular weight excluding hydrogens is 182 g/mol. The van der Waals surface area contributed by atoms with E-state index in [1.165, 1.54) is 6.92 Å². The van der Waals surface area contributed by atoms with Crippen LogP contribution >= 0.6 is 0 Å². The Kier molecular flexibility index (Phi) is 2.47. The summed E-state index contributed by atoms with van der Waals surface area (Å²) in [5.41, 5.74) is 0. The second-order valence-electron chi connectivity index (χ2n) is 3.56. The molecular formula is C9H13N3O2. The topological polar surface area (TPSA) is 68.0 Å². The third-order valence-electron chi connectivity index (χ3n) is 2.13. The SMILES string of the molecule is CC(=O)NCCc1noc(C2CC2)n1. The molecule has 0 unspecified atom stereocenters. The molecule has 0 atom stereocenters. The van der Waals surface area contributed by atoms with Crippen molar-refractivity contribution in [2.75, 3.05) is 6.54 Å². The molecule has 0 bridgehead atoms. The highest BCUT2D eigenvalue weighted by atomic mass is 16.5. The molecule has 2 rings (SSSR count). The summed E-state index contributed by atoms with van der Waals surface area (Å²) >= 11 is 0. The summed E-state index contributed by atoms with van der Waals surface area (Å²) in [6.45, 7) is 2.06. The zero-order valence-corrected chi connectivity index (χ0v) is 8.12. The van der Waals surface area contributed by atoms with E-state index in [1.54, 1.807) is 0 Å². The first kappa shape index (κ1) is 9.18. The van der Waals surface area contributed by atoms with Crippen molar-refractivity contribution < 1.29 is 9.32 Å². The van der Waals surface area contributed by atoms with E-state index in [-0.39, 0.29) is 5.91 Å². The van der Waals surface area contributed by atoms with Crippen LogP contribution in [0.25, 0.3) is 0 Å². The maximum atomic E-state index is 10.6. The Morgan fingerprint density at radius 1 is 1.64 bits per heavy atom. The highest BCUT2D eigenvalue weighted by Crippen LogP contribution is 2.38. The predicted octanol–water partition coefficient (Wildman–Crippen LogP) is 0.626. The molecule has 1 saturated carbocycles. The number of amides is 1. The van der Waals surface area contributed by atoms with Gasteiger partial charge in [-0.1, -0.05) is 5.16 Å². The Morgan fingerprint density at radius 3 is 3.07 bits per heavy atom. The summed E-state index contributed by atoms with van der Waals surface area (Å²) < 4.78 is 5.07. The average molecular weight is 195 g/mol. The first-order valence-electron chi connectivity index (χ1n) is 4.82. The molecule has 0 aromatic carbocycles. The van der Waals surface area contributed by atoms with Crippen LogP contribution in [-0.4, -0.2) is 22.6 Å². The van der Waals surface area contributed by atoms with Crippen molar-refractivity contribution >= 4 is 5.91 Å². The molecule has 1 fully saturated rings.